The van der Waals surface area contributed by atoms with Crippen LogP contribution in [0.15, 0.2) is 29.7 Å². The first-order valence-corrected chi connectivity index (χ1v) is 9.90. The van der Waals surface area contributed by atoms with Crippen LogP contribution in [0.5, 0.6) is 5.75 Å². The molecule has 1 atom stereocenters. The van der Waals surface area contributed by atoms with Crippen molar-refractivity contribution < 1.29 is 14.3 Å². The lowest BCUT2D eigenvalue weighted by molar-refractivity contribution is 0.102. The van der Waals surface area contributed by atoms with Gasteiger partial charge in [-0.15, -0.1) is 11.3 Å². The van der Waals surface area contributed by atoms with Crippen LogP contribution in [0.1, 0.15) is 27.4 Å². The molecule has 1 unspecified atom stereocenters. The first kappa shape index (κ1) is 17.2. The summed E-state index contributed by atoms with van der Waals surface area (Å²) in [7, 11) is 1.67. The highest BCUT2D eigenvalue weighted by atomic mass is 32.1. The van der Waals surface area contributed by atoms with Gasteiger partial charge in [0.05, 0.1) is 18.4 Å². The molecule has 7 nitrogen and oxygen atoms in total. The zero-order valence-electron chi connectivity index (χ0n) is 15.2. The van der Waals surface area contributed by atoms with Gasteiger partial charge in [-0.25, -0.2) is 9.97 Å². The van der Waals surface area contributed by atoms with Crippen molar-refractivity contribution in [2.24, 2.45) is 0 Å². The van der Waals surface area contributed by atoms with Crippen molar-refractivity contribution in [2.45, 2.75) is 18.9 Å². The van der Waals surface area contributed by atoms with E-state index in [-0.39, 0.29) is 12.0 Å². The van der Waals surface area contributed by atoms with E-state index < -0.39 is 0 Å². The van der Waals surface area contributed by atoms with E-state index in [1.54, 1.807) is 12.5 Å². The van der Waals surface area contributed by atoms with E-state index in [2.05, 4.69) is 26.3 Å². The Labute approximate surface area is 165 Å². The van der Waals surface area contributed by atoms with Crippen molar-refractivity contribution in [3.63, 3.8) is 0 Å². The number of fused-ring (bicyclic) bond motifs is 2. The van der Waals surface area contributed by atoms with E-state index in [0.717, 1.165) is 40.7 Å². The molecule has 3 aromatic rings. The van der Waals surface area contributed by atoms with Crippen LogP contribution in [0.2, 0.25) is 0 Å². The first-order chi connectivity index (χ1) is 13.7. The molecule has 1 aliphatic heterocycles. The second kappa shape index (κ2) is 6.88. The Kier molecular flexibility index (Phi) is 4.22. The fraction of sp³-hybridized carbons (Fsp3) is 0.250. The fourth-order valence-corrected chi connectivity index (χ4v) is 4.20. The largest absolute Gasteiger partial charge is 0.493 e. The van der Waals surface area contributed by atoms with Gasteiger partial charge >= 0.3 is 0 Å². The average Bonchev–Trinajstić information content (AvgIpc) is 3.44. The number of ether oxygens (including phenoxy) is 2. The van der Waals surface area contributed by atoms with Gasteiger partial charge in [0.2, 0.25) is 5.95 Å². The summed E-state index contributed by atoms with van der Waals surface area (Å²) in [5.41, 5.74) is 4.32. The zero-order valence-corrected chi connectivity index (χ0v) is 16.0. The number of nitrogens with one attached hydrogen (secondary N) is 2. The van der Waals surface area contributed by atoms with Gasteiger partial charge in [-0.05, 0) is 29.8 Å². The summed E-state index contributed by atoms with van der Waals surface area (Å²) < 4.78 is 10.9. The van der Waals surface area contributed by atoms with Crippen molar-refractivity contribution in [3.05, 3.63) is 52.3 Å². The molecule has 0 fully saturated rings. The molecule has 2 N–H and O–H groups in total. The molecule has 0 radical (unpaired) electrons. The van der Waals surface area contributed by atoms with Gasteiger partial charge in [0.15, 0.2) is 0 Å². The first-order valence-electron chi connectivity index (χ1n) is 9.02. The Balaban J connectivity index is 1.32. The SMILES string of the molecule is COC1C=Cc2nc(NC(=O)c3csc(-c4ccc5c(c4)CCO5)n3)[nH]c2C1. The summed E-state index contributed by atoms with van der Waals surface area (Å²) in [6.45, 7) is 0.720. The van der Waals surface area contributed by atoms with Crippen molar-refractivity contribution >= 4 is 29.3 Å². The molecular formula is C20H18N4O3S. The fourth-order valence-electron chi connectivity index (χ4n) is 3.41. The zero-order chi connectivity index (χ0) is 19.1. The molecule has 5 rings (SSSR count). The molecule has 2 aromatic heterocycles. The number of hydrogen-bond donors (Lipinski definition) is 2. The Morgan fingerprint density at radius 1 is 1.39 bits per heavy atom. The number of H-pyrrole nitrogens is 1. The van der Waals surface area contributed by atoms with Crippen molar-refractivity contribution in [2.75, 3.05) is 19.0 Å². The molecule has 0 saturated carbocycles. The Bertz CT molecular complexity index is 1090. The third kappa shape index (κ3) is 3.10. The van der Waals surface area contributed by atoms with Gasteiger partial charge in [-0.2, -0.15) is 0 Å². The molecule has 0 spiro atoms. The standard InChI is InChI=1S/C20H18N4O3S/c1-26-13-3-4-14-15(9-13)23-20(22-14)24-18(25)16-10-28-19(21-16)12-2-5-17-11(8-12)6-7-27-17/h2-5,8,10,13H,6-7,9H2,1H3,(H2,22,23,24,25). The van der Waals surface area contributed by atoms with Gasteiger partial charge in [0, 0.05) is 36.6 Å². The van der Waals surface area contributed by atoms with E-state index in [0.29, 0.717) is 18.1 Å². The minimum Gasteiger partial charge on any atom is -0.493 e. The van der Waals surface area contributed by atoms with Crippen LogP contribution in [-0.2, 0) is 17.6 Å². The van der Waals surface area contributed by atoms with Crippen LogP contribution < -0.4 is 10.1 Å². The number of aromatic amines is 1. The highest BCUT2D eigenvalue weighted by Gasteiger charge is 2.20. The van der Waals surface area contributed by atoms with Crippen molar-refractivity contribution in [1.82, 2.24) is 15.0 Å². The number of anilines is 1. The summed E-state index contributed by atoms with van der Waals surface area (Å²) in [4.78, 5) is 24.7. The topological polar surface area (TPSA) is 89.1 Å². The number of aromatic nitrogens is 3. The summed E-state index contributed by atoms with van der Waals surface area (Å²) in [6, 6.07) is 6.03. The summed E-state index contributed by atoms with van der Waals surface area (Å²) in [5.74, 6) is 1.07. The number of carbonyl (C=O) groups is 1. The van der Waals surface area contributed by atoms with Gasteiger partial charge in [-0.1, -0.05) is 6.08 Å². The number of amides is 1. The monoisotopic (exact) mass is 394 g/mol. The molecule has 28 heavy (non-hydrogen) atoms. The lowest BCUT2D eigenvalue weighted by Gasteiger charge is -2.13. The maximum Gasteiger partial charge on any atom is 0.277 e. The second-order valence-corrected chi connectivity index (χ2v) is 7.56. The van der Waals surface area contributed by atoms with E-state index in [4.69, 9.17) is 9.47 Å². The molecule has 3 heterocycles. The highest BCUT2D eigenvalue weighted by molar-refractivity contribution is 7.13. The summed E-state index contributed by atoms with van der Waals surface area (Å²) in [5, 5.41) is 5.37. The number of nitrogens with zero attached hydrogens (tertiary/aromatic N) is 2. The summed E-state index contributed by atoms with van der Waals surface area (Å²) >= 11 is 1.45. The Hall–Kier alpha value is -2.97. The predicted molar refractivity (Wildman–Crippen MR) is 107 cm³/mol. The van der Waals surface area contributed by atoms with Gasteiger partial charge in [0.25, 0.3) is 5.91 Å². The minimum atomic E-state index is -0.287. The van der Waals surface area contributed by atoms with Crippen LogP contribution >= 0.6 is 11.3 Å². The van der Waals surface area contributed by atoms with Crippen LogP contribution in [-0.4, -0.2) is 40.7 Å². The third-order valence-corrected chi connectivity index (χ3v) is 5.78. The number of carbonyl (C=O) groups excluding carboxylic acids is 1. The van der Waals surface area contributed by atoms with Crippen LogP contribution in [0.4, 0.5) is 5.95 Å². The molecular weight excluding hydrogens is 376 g/mol. The number of benzene rings is 1. The summed E-state index contributed by atoms with van der Waals surface area (Å²) in [6.07, 6.45) is 5.49. The number of hydrogen-bond acceptors (Lipinski definition) is 6. The third-order valence-electron chi connectivity index (χ3n) is 4.89. The van der Waals surface area contributed by atoms with Crippen LogP contribution in [0, 0.1) is 0 Å². The maximum atomic E-state index is 12.6. The minimum absolute atomic E-state index is 0.0234. The number of thiazole rings is 1. The quantitative estimate of drug-likeness (QED) is 0.709. The molecule has 0 saturated heterocycles. The van der Waals surface area contributed by atoms with Gasteiger partial charge in [0.1, 0.15) is 16.5 Å². The molecule has 0 bridgehead atoms. The number of rotatable bonds is 4. The highest BCUT2D eigenvalue weighted by Crippen LogP contribution is 2.32. The molecule has 1 aliphatic carbocycles. The van der Waals surface area contributed by atoms with E-state index in [1.807, 2.05) is 24.3 Å². The van der Waals surface area contributed by atoms with E-state index >= 15 is 0 Å². The molecule has 2 aliphatic rings. The van der Waals surface area contributed by atoms with Gasteiger partial charge in [-0.3, -0.25) is 10.1 Å². The average molecular weight is 394 g/mol. The van der Waals surface area contributed by atoms with E-state index in [9.17, 15) is 4.79 Å². The molecule has 8 heteroatoms. The maximum absolute atomic E-state index is 12.6. The Morgan fingerprint density at radius 3 is 3.21 bits per heavy atom. The van der Waals surface area contributed by atoms with Crippen molar-refractivity contribution in [3.8, 4) is 16.3 Å². The number of imidazole rings is 1. The van der Waals surface area contributed by atoms with Crippen LogP contribution in [0.3, 0.4) is 0 Å². The van der Waals surface area contributed by atoms with Crippen LogP contribution in [0.25, 0.3) is 16.6 Å². The lowest BCUT2D eigenvalue weighted by Crippen LogP contribution is -2.15. The number of methoxy groups -OCH3 is 1. The molecule has 142 valence electrons. The molecule has 1 aromatic carbocycles. The Morgan fingerprint density at radius 2 is 2.32 bits per heavy atom. The predicted octanol–water partition coefficient (Wildman–Crippen LogP) is 3.30. The molecule has 1 amide bonds. The van der Waals surface area contributed by atoms with Crippen molar-refractivity contribution in [1.29, 1.82) is 0 Å². The lowest BCUT2D eigenvalue weighted by atomic mass is 10.1. The second-order valence-electron chi connectivity index (χ2n) is 6.70. The van der Waals surface area contributed by atoms with Gasteiger partial charge < -0.3 is 14.5 Å². The normalized spacial score (nSPS) is 17.1. The van der Waals surface area contributed by atoms with E-state index in [1.165, 1.54) is 16.9 Å². The smallest absolute Gasteiger partial charge is 0.277 e.